The molecule has 1 aromatic rings. The molecule has 6 heteroatoms. The van der Waals surface area contributed by atoms with Crippen LogP contribution in [0, 0.1) is 23.0 Å². The van der Waals surface area contributed by atoms with Crippen LogP contribution in [0.3, 0.4) is 0 Å². The van der Waals surface area contributed by atoms with Crippen molar-refractivity contribution in [3.63, 3.8) is 0 Å². The molecular weight excluding hydrogens is 234 g/mol. The Kier molecular flexibility index (Phi) is 3.76. The Balaban J connectivity index is 2.24. The minimum Gasteiger partial charge on any atom is -0.317 e. The molecule has 2 heterocycles. The second-order valence-electron chi connectivity index (χ2n) is 4.78. The second kappa shape index (κ2) is 5.30. The number of aryl methyl sites for hydroxylation is 1. The highest BCUT2D eigenvalue weighted by atomic mass is 16.6. The van der Waals surface area contributed by atoms with Gasteiger partial charge in [-0.1, -0.05) is 0 Å². The monoisotopic (exact) mass is 251 g/mol. The number of aromatic nitrogens is 1. The summed E-state index contributed by atoms with van der Waals surface area (Å²) in [5, 5.41) is 14.1. The van der Waals surface area contributed by atoms with Crippen LogP contribution in [0.25, 0.3) is 0 Å². The number of rotatable bonds is 3. The molecule has 1 aliphatic heterocycles. The van der Waals surface area contributed by atoms with Gasteiger partial charge in [0.25, 0.3) is 11.2 Å². The molecule has 0 aliphatic carbocycles. The van der Waals surface area contributed by atoms with Gasteiger partial charge in [0.15, 0.2) is 0 Å². The van der Waals surface area contributed by atoms with E-state index in [9.17, 15) is 14.9 Å². The molecule has 0 unspecified atom stereocenters. The summed E-state index contributed by atoms with van der Waals surface area (Å²) in [7, 11) is 0. The van der Waals surface area contributed by atoms with Crippen LogP contribution in [-0.2, 0) is 6.54 Å². The number of nitrogens with one attached hydrogen (secondary N) is 1. The van der Waals surface area contributed by atoms with Crippen LogP contribution >= 0.6 is 0 Å². The fraction of sp³-hybridized carbons (Fsp3) is 0.583. The van der Waals surface area contributed by atoms with Crippen molar-refractivity contribution in [2.75, 3.05) is 13.1 Å². The largest absolute Gasteiger partial charge is 0.317 e. The maximum Gasteiger partial charge on any atom is 0.288 e. The molecule has 98 valence electrons. The highest BCUT2D eigenvalue weighted by Crippen LogP contribution is 2.17. The number of piperidine rings is 1. The first kappa shape index (κ1) is 12.8. The second-order valence-corrected chi connectivity index (χ2v) is 4.78. The average molecular weight is 251 g/mol. The van der Waals surface area contributed by atoms with Crippen molar-refractivity contribution in [1.29, 1.82) is 0 Å². The van der Waals surface area contributed by atoms with Crippen molar-refractivity contribution in [2.24, 2.45) is 5.92 Å². The predicted octanol–water partition coefficient (Wildman–Crippen LogP) is 1.06. The van der Waals surface area contributed by atoms with Crippen molar-refractivity contribution in [1.82, 2.24) is 9.88 Å². The van der Waals surface area contributed by atoms with Gasteiger partial charge in [-0.15, -0.1) is 0 Å². The van der Waals surface area contributed by atoms with E-state index in [4.69, 9.17) is 0 Å². The summed E-state index contributed by atoms with van der Waals surface area (Å²) in [5.41, 5.74) is 0.284. The minimum absolute atomic E-state index is 0.0172. The van der Waals surface area contributed by atoms with Crippen LogP contribution in [0.4, 0.5) is 5.69 Å². The molecule has 2 rings (SSSR count). The van der Waals surface area contributed by atoms with E-state index in [2.05, 4.69) is 5.32 Å². The molecule has 0 bridgehead atoms. The molecule has 0 radical (unpaired) electrons. The minimum atomic E-state index is -0.437. The topological polar surface area (TPSA) is 77.2 Å². The summed E-state index contributed by atoms with van der Waals surface area (Å²) in [6.07, 6.45) is 3.39. The highest BCUT2D eigenvalue weighted by molar-refractivity contribution is 5.35. The van der Waals surface area contributed by atoms with E-state index in [-0.39, 0.29) is 11.2 Å². The zero-order valence-corrected chi connectivity index (χ0v) is 10.4. The lowest BCUT2D eigenvalue weighted by Crippen LogP contribution is -2.32. The summed E-state index contributed by atoms with van der Waals surface area (Å²) in [6, 6.07) is 1.35. The molecular formula is C12H17N3O3. The number of hydrogen-bond acceptors (Lipinski definition) is 4. The van der Waals surface area contributed by atoms with E-state index in [0.29, 0.717) is 18.0 Å². The molecule has 1 aliphatic rings. The maximum absolute atomic E-state index is 11.8. The molecule has 0 atom stereocenters. The Labute approximate surface area is 105 Å². The fourth-order valence-corrected chi connectivity index (χ4v) is 2.33. The van der Waals surface area contributed by atoms with Crippen LogP contribution in [0.5, 0.6) is 0 Å². The van der Waals surface area contributed by atoms with Gasteiger partial charge in [0.2, 0.25) is 0 Å². The smallest absolute Gasteiger partial charge is 0.288 e. The zero-order chi connectivity index (χ0) is 13.1. The lowest BCUT2D eigenvalue weighted by molar-refractivity contribution is -0.386. The lowest BCUT2D eigenvalue weighted by Gasteiger charge is -2.23. The predicted molar refractivity (Wildman–Crippen MR) is 67.7 cm³/mol. The summed E-state index contributed by atoms with van der Waals surface area (Å²) in [5.74, 6) is 0.422. The van der Waals surface area contributed by atoms with Crippen molar-refractivity contribution in [3.8, 4) is 0 Å². The molecule has 0 saturated carbocycles. The number of nitro groups is 1. The van der Waals surface area contributed by atoms with E-state index in [0.717, 1.165) is 25.9 Å². The van der Waals surface area contributed by atoms with Crippen LogP contribution in [0.2, 0.25) is 0 Å². The summed E-state index contributed by atoms with van der Waals surface area (Å²) < 4.78 is 1.47. The van der Waals surface area contributed by atoms with Crippen molar-refractivity contribution < 1.29 is 4.92 Å². The first-order valence-electron chi connectivity index (χ1n) is 6.14. The Morgan fingerprint density at radius 2 is 2.17 bits per heavy atom. The van der Waals surface area contributed by atoms with Gasteiger partial charge in [0.1, 0.15) is 0 Å². The van der Waals surface area contributed by atoms with Crippen LogP contribution in [0.1, 0.15) is 18.4 Å². The third-order valence-electron chi connectivity index (χ3n) is 3.42. The van der Waals surface area contributed by atoms with Gasteiger partial charge in [-0.25, -0.2) is 0 Å². The molecule has 1 N–H and O–H groups in total. The van der Waals surface area contributed by atoms with Crippen molar-refractivity contribution in [2.45, 2.75) is 26.3 Å². The van der Waals surface area contributed by atoms with E-state index in [1.807, 2.05) is 0 Å². The summed E-state index contributed by atoms with van der Waals surface area (Å²) >= 11 is 0. The van der Waals surface area contributed by atoms with Gasteiger partial charge >= 0.3 is 0 Å². The molecule has 1 fully saturated rings. The Morgan fingerprint density at radius 3 is 2.78 bits per heavy atom. The molecule has 0 aromatic carbocycles. The van der Waals surface area contributed by atoms with E-state index >= 15 is 0 Å². The molecule has 0 amide bonds. The highest BCUT2D eigenvalue weighted by Gasteiger charge is 2.17. The number of pyridine rings is 1. The van der Waals surface area contributed by atoms with Gasteiger partial charge in [0.05, 0.1) is 11.1 Å². The van der Waals surface area contributed by atoms with Gasteiger partial charge in [-0.2, -0.15) is 0 Å². The normalized spacial score (nSPS) is 16.7. The van der Waals surface area contributed by atoms with Gasteiger partial charge in [-0.3, -0.25) is 14.9 Å². The van der Waals surface area contributed by atoms with E-state index < -0.39 is 4.92 Å². The third-order valence-corrected chi connectivity index (χ3v) is 3.42. The third kappa shape index (κ3) is 2.76. The molecule has 1 saturated heterocycles. The average Bonchev–Trinajstić information content (AvgIpc) is 2.33. The standard InChI is InChI=1S/C12H17N3O3/c1-9-6-12(16)14(8-11(9)15(17)18)7-10-2-4-13-5-3-10/h6,8,10,13H,2-5,7H2,1H3. The SMILES string of the molecule is Cc1cc(=O)n(CC2CCNCC2)cc1[N+](=O)[O-]. The zero-order valence-electron chi connectivity index (χ0n) is 10.4. The summed E-state index contributed by atoms with van der Waals surface area (Å²) in [6.45, 7) is 4.07. The van der Waals surface area contributed by atoms with Crippen LogP contribution in [0.15, 0.2) is 17.1 Å². The molecule has 18 heavy (non-hydrogen) atoms. The van der Waals surface area contributed by atoms with Crippen LogP contribution < -0.4 is 10.9 Å². The quantitative estimate of drug-likeness (QED) is 0.643. The van der Waals surface area contributed by atoms with Gasteiger partial charge in [0, 0.05) is 18.2 Å². The molecule has 1 aromatic heterocycles. The van der Waals surface area contributed by atoms with Crippen molar-refractivity contribution in [3.05, 3.63) is 38.3 Å². The first-order valence-corrected chi connectivity index (χ1v) is 6.14. The van der Waals surface area contributed by atoms with E-state index in [1.165, 1.54) is 16.8 Å². The number of nitrogens with zero attached hydrogens (tertiary/aromatic N) is 2. The lowest BCUT2D eigenvalue weighted by atomic mass is 9.98. The van der Waals surface area contributed by atoms with E-state index in [1.54, 1.807) is 6.92 Å². The van der Waals surface area contributed by atoms with Gasteiger partial charge < -0.3 is 9.88 Å². The Hall–Kier alpha value is -1.69. The number of hydrogen-bond donors (Lipinski definition) is 1. The maximum atomic E-state index is 11.8. The van der Waals surface area contributed by atoms with Gasteiger partial charge in [-0.05, 0) is 38.8 Å². The fourth-order valence-electron chi connectivity index (χ4n) is 2.33. The Bertz CT molecular complexity index is 504. The first-order chi connectivity index (χ1) is 8.58. The summed E-state index contributed by atoms with van der Waals surface area (Å²) in [4.78, 5) is 22.2. The molecule has 0 spiro atoms. The van der Waals surface area contributed by atoms with Crippen LogP contribution in [-0.4, -0.2) is 22.6 Å². The van der Waals surface area contributed by atoms with Crippen molar-refractivity contribution >= 4 is 5.69 Å². The molecule has 6 nitrogen and oxygen atoms in total. The Morgan fingerprint density at radius 1 is 1.50 bits per heavy atom.